The molecule has 3 N–H and O–H groups in total. The molecule has 1 unspecified atom stereocenters. The number of aliphatic carboxylic acids is 1. The normalized spacial score (nSPS) is 11.6. The molecule has 0 heterocycles. The molecule has 0 aromatic heterocycles. The van der Waals surface area contributed by atoms with Gasteiger partial charge in [-0.05, 0) is 24.6 Å². The predicted molar refractivity (Wildman–Crippen MR) is 85.9 cm³/mol. The Kier molecular flexibility index (Phi) is 7.58. The van der Waals surface area contributed by atoms with Crippen molar-refractivity contribution >= 4 is 23.9 Å². The zero-order chi connectivity index (χ0) is 19.0. The quantitative estimate of drug-likeness (QED) is 0.546. The van der Waals surface area contributed by atoms with Crippen molar-refractivity contribution in [3.05, 3.63) is 34.9 Å². The second-order valence-electron chi connectivity index (χ2n) is 5.58. The van der Waals surface area contributed by atoms with Gasteiger partial charge in [-0.2, -0.15) is 0 Å². The maximum Gasteiger partial charge on any atom is 0.339 e. The van der Waals surface area contributed by atoms with Gasteiger partial charge >= 0.3 is 23.9 Å². The summed E-state index contributed by atoms with van der Waals surface area (Å²) in [7, 11) is 0. The molecule has 0 aliphatic carbocycles. The fraction of sp³-hybridized carbons (Fsp3) is 0.412. The number of ether oxygens (including phenoxy) is 1. The molecule has 25 heavy (non-hydrogen) atoms. The second kappa shape index (κ2) is 9.41. The van der Waals surface area contributed by atoms with Gasteiger partial charge in [0.15, 0.2) is 0 Å². The maximum absolute atomic E-state index is 12.2. The van der Waals surface area contributed by atoms with Gasteiger partial charge in [-0.3, -0.25) is 4.79 Å². The van der Waals surface area contributed by atoms with Crippen LogP contribution in [0, 0.1) is 5.92 Å². The zero-order valence-electron chi connectivity index (χ0n) is 13.7. The highest BCUT2D eigenvalue weighted by Gasteiger charge is 2.22. The molecular weight excluding hydrogens is 332 g/mol. The molecule has 1 aromatic rings. The highest BCUT2D eigenvalue weighted by atomic mass is 16.5. The molecule has 0 aliphatic rings. The van der Waals surface area contributed by atoms with Gasteiger partial charge in [0.1, 0.15) is 0 Å². The average Bonchev–Trinajstić information content (AvgIpc) is 2.55. The van der Waals surface area contributed by atoms with Crippen molar-refractivity contribution < 1.29 is 39.2 Å². The summed E-state index contributed by atoms with van der Waals surface area (Å²) in [6.45, 7) is 1.77. The molecule has 0 fully saturated rings. The van der Waals surface area contributed by atoms with Crippen molar-refractivity contribution in [2.24, 2.45) is 5.92 Å². The minimum atomic E-state index is -1.39. The minimum absolute atomic E-state index is 0.172. The number of carboxylic acids is 3. The fourth-order valence-corrected chi connectivity index (χ4v) is 2.29. The number of carbonyl (C=O) groups excluding carboxylic acids is 1. The molecule has 1 aromatic carbocycles. The predicted octanol–water partition coefficient (Wildman–Crippen LogP) is 2.52. The number of carboxylic acid groups (broad SMARTS) is 3. The molecule has 0 radical (unpaired) electrons. The van der Waals surface area contributed by atoms with E-state index in [2.05, 4.69) is 0 Å². The summed E-state index contributed by atoms with van der Waals surface area (Å²) < 4.78 is 5.06. The molecule has 1 rings (SSSR count). The lowest BCUT2D eigenvalue weighted by molar-refractivity contribution is -0.138. The van der Waals surface area contributed by atoms with Crippen molar-refractivity contribution in [3.8, 4) is 0 Å². The number of aromatic carboxylic acids is 2. The van der Waals surface area contributed by atoms with Gasteiger partial charge < -0.3 is 20.1 Å². The Morgan fingerprint density at radius 2 is 1.72 bits per heavy atom. The Morgan fingerprint density at radius 3 is 2.24 bits per heavy atom. The van der Waals surface area contributed by atoms with Crippen LogP contribution in [-0.2, 0) is 9.53 Å². The lowest BCUT2D eigenvalue weighted by atomic mass is 9.99. The summed E-state index contributed by atoms with van der Waals surface area (Å²) in [6.07, 6.45) is 2.00. The molecule has 0 saturated carbocycles. The van der Waals surface area contributed by atoms with E-state index in [9.17, 15) is 19.2 Å². The topological polar surface area (TPSA) is 138 Å². The van der Waals surface area contributed by atoms with E-state index in [-0.39, 0.29) is 29.7 Å². The Morgan fingerprint density at radius 1 is 1.04 bits per heavy atom. The number of unbranched alkanes of at least 4 members (excludes halogenated alkanes) is 1. The van der Waals surface area contributed by atoms with Gasteiger partial charge in [-0.1, -0.05) is 19.8 Å². The Hall–Kier alpha value is -2.90. The van der Waals surface area contributed by atoms with Crippen LogP contribution in [0.15, 0.2) is 18.2 Å². The van der Waals surface area contributed by atoms with E-state index in [1.807, 2.05) is 6.92 Å². The van der Waals surface area contributed by atoms with Gasteiger partial charge in [0.2, 0.25) is 0 Å². The fourth-order valence-electron chi connectivity index (χ4n) is 2.29. The summed E-state index contributed by atoms with van der Waals surface area (Å²) in [4.78, 5) is 45.2. The molecule has 1 atom stereocenters. The molecular formula is C17H20O8. The summed E-state index contributed by atoms with van der Waals surface area (Å²) in [6, 6.07) is 3.04. The Bertz CT molecular complexity index is 665. The average molecular weight is 352 g/mol. The van der Waals surface area contributed by atoms with Crippen LogP contribution in [0.5, 0.6) is 0 Å². The number of carbonyl (C=O) groups is 4. The van der Waals surface area contributed by atoms with Crippen LogP contribution in [0.25, 0.3) is 0 Å². The summed E-state index contributed by atoms with van der Waals surface area (Å²) in [5, 5.41) is 27.0. The summed E-state index contributed by atoms with van der Waals surface area (Å²) >= 11 is 0. The molecule has 136 valence electrons. The van der Waals surface area contributed by atoms with Gasteiger partial charge in [0.05, 0.1) is 29.7 Å². The maximum atomic E-state index is 12.2. The van der Waals surface area contributed by atoms with E-state index in [1.54, 1.807) is 0 Å². The van der Waals surface area contributed by atoms with Gasteiger partial charge in [-0.25, -0.2) is 14.4 Å². The number of hydrogen-bond acceptors (Lipinski definition) is 5. The van der Waals surface area contributed by atoms with Crippen LogP contribution in [0.3, 0.4) is 0 Å². The molecule has 0 amide bonds. The molecule has 0 bridgehead atoms. The van der Waals surface area contributed by atoms with E-state index >= 15 is 0 Å². The SMILES string of the molecule is CCCCC(COC(=O)c1cc(C(=O)O)ccc1C(=O)O)CC(=O)O. The van der Waals surface area contributed by atoms with Crippen LogP contribution in [0.4, 0.5) is 0 Å². The van der Waals surface area contributed by atoms with Crippen LogP contribution >= 0.6 is 0 Å². The van der Waals surface area contributed by atoms with Crippen molar-refractivity contribution in [2.75, 3.05) is 6.61 Å². The second-order valence-corrected chi connectivity index (χ2v) is 5.58. The first-order valence-electron chi connectivity index (χ1n) is 7.75. The van der Waals surface area contributed by atoms with Crippen LogP contribution in [-0.4, -0.2) is 45.8 Å². The third kappa shape index (κ3) is 6.25. The van der Waals surface area contributed by atoms with Crippen LogP contribution in [0.2, 0.25) is 0 Å². The Balaban J connectivity index is 2.93. The van der Waals surface area contributed by atoms with E-state index < -0.39 is 29.8 Å². The third-order valence-electron chi connectivity index (χ3n) is 3.60. The van der Waals surface area contributed by atoms with Crippen molar-refractivity contribution in [2.45, 2.75) is 32.6 Å². The minimum Gasteiger partial charge on any atom is -0.481 e. The first-order chi connectivity index (χ1) is 11.8. The summed E-state index contributed by atoms with van der Waals surface area (Å²) in [5.41, 5.74) is -1.000. The highest BCUT2D eigenvalue weighted by Crippen LogP contribution is 2.17. The third-order valence-corrected chi connectivity index (χ3v) is 3.60. The largest absolute Gasteiger partial charge is 0.481 e. The van der Waals surface area contributed by atoms with Crippen molar-refractivity contribution in [1.82, 2.24) is 0 Å². The number of rotatable bonds is 10. The Labute approximate surface area is 144 Å². The van der Waals surface area contributed by atoms with Gasteiger partial charge in [0, 0.05) is 5.92 Å². The van der Waals surface area contributed by atoms with E-state index in [1.165, 1.54) is 0 Å². The number of hydrogen-bond donors (Lipinski definition) is 3. The number of esters is 1. The lowest BCUT2D eigenvalue weighted by Gasteiger charge is -2.15. The van der Waals surface area contributed by atoms with E-state index in [0.717, 1.165) is 31.0 Å². The van der Waals surface area contributed by atoms with Gasteiger partial charge in [-0.15, -0.1) is 0 Å². The van der Waals surface area contributed by atoms with Crippen molar-refractivity contribution in [1.29, 1.82) is 0 Å². The lowest BCUT2D eigenvalue weighted by Crippen LogP contribution is -2.19. The van der Waals surface area contributed by atoms with Crippen molar-refractivity contribution in [3.63, 3.8) is 0 Å². The molecule has 0 spiro atoms. The standard InChI is InChI=1S/C17H20O8/c1-2-3-4-10(7-14(18)19)9-25-17(24)13-8-11(15(20)21)5-6-12(13)16(22)23/h5-6,8,10H,2-4,7,9H2,1H3,(H,18,19)(H,20,21)(H,22,23). The zero-order valence-corrected chi connectivity index (χ0v) is 13.7. The molecule has 0 saturated heterocycles. The van der Waals surface area contributed by atoms with Crippen LogP contribution in [0.1, 0.15) is 63.7 Å². The van der Waals surface area contributed by atoms with Crippen LogP contribution < -0.4 is 0 Å². The first kappa shape index (κ1) is 20.1. The smallest absolute Gasteiger partial charge is 0.339 e. The number of benzene rings is 1. The molecule has 0 aliphatic heterocycles. The molecule has 8 heteroatoms. The van der Waals surface area contributed by atoms with Gasteiger partial charge in [0.25, 0.3) is 0 Å². The monoisotopic (exact) mass is 352 g/mol. The van der Waals surface area contributed by atoms with E-state index in [4.69, 9.17) is 20.1 Å². The first-order valence-corrected chi connectivity index (χ1v) is 7.75. The summed E-state index contributed by atoms with van der Waals surface area (Å²) in [5.74, 6) is -5.10. The molecule has 8 nitrogen and oxygen atoms in total. The highest BCUT2D eigenvalue weighted by molar-refractivity contribution is 6.04. The van der Waals surface area contributed by atoms with E-state index in [0.29, 0.717) is 6.42 Å².